The molecule has 60 valence electrons. The number of hydrogen-bond donors (Lipinski definition) is 1. The molecule has 0 spiro atoms. The molecule has 0 aromatic carbocycles. The van der Waals surface area contributed by atoms with Crippen molar-refractivity contribution in [3.63, 3.8) is 0 Å². The Labute approximate surface area is 66.2 Å². The van der Waals surface area contributed by atoms with Crippen molar-refractivity contribution < 1.29 is 4.74 Å². The molecule has 0 fully saturated rings. The second-order valence-electron chi connectivity index (χ2n) is 2.45. The Morgan fingerprint density at radius 3 is 2.82 bits per heavy atom. The molecule has 3 nitrogen and oxygen atoms in total. The van der Waals surface area contributed by atoms with Crippen LogP contribution in [0.4, 0.5) is 0 Å². The Morgan fingerprint density at radius 2 is 2.27 bits per heavy atom. The lowest BCUT2D eigenvalue weighted by Crippen LogP contribution is -2.05. The maximum atomic E-state index is 5.64. The predicted molar refractivity (Wildman–Crippen MR) is 43.4 cm³/mol. The van der Waals surface area contributed by atoms with E-state index in [-0.39, 0.29) is 6.04 Å². The van der Waals surface area contributed by atoms with Gasteiger partial charge in [-0.25, -0.2) is 0 Å². The Hall–Kier alpha value is -1.09. The van der Waals surface area contributed by atoms with Crippen LogP contribution in [0.1, 0.15) is 18.5 Å². The zero-order valence-corrected chi connectivity index (χ0v) is 6.74. The van der Waals surface area contributed by atoms with Crippen molar-refractivity contribution in [3.8, 4) is 5.75 Å². The van der Waals surface area contributed by atoms with Gasteiger partial charge >= 0.3 is 0 Å². The van der Waals surface area contributed by atoms with Crippen LogP contribution in [0.25, 0.3) is 0 Å². The summed E-state index contributed by atoms with van der Waals surface area (Å²) in [5.41, 5.74) is 6.63. The normalized spacial score (nSPS) is 12.6. The van der Waals surface area contributed by atoms with Crippen LogP contribution >= 0.6 is 0 Å². The molecular weight excluding hydrogens is 140 g/mol. The Kier molecular flexibility index (Phi) is 2.44. The van der Waals surface area contributed by atoms with Crippen LogP contribution in [-0.4, -0.2) is 12.1 Å². The maximum absolute atomic E-state index is 5.64. The second kappa shape index (κ2) is 3.34. The quantitative estimate of drug-likeness (QED) is 0.690. The first-order chi connectivity index (χ1) is 5.24. The smallest absolute Gasteiger partial charge is 0.137 e. The molecular formula is C8H12N2O. The van der Waals surface area contributed by atoms with E-state index in [0.717, 1.165) is 11.3 Å². The highest BCUT2D eigenvalue weighted by Crippen LogP contribution is 2.14. The van der Waals surface area contributed by atoms with E-state index in [0.29, 0.717) is 0 Å². The standard InChI is InChI=1S/C8H12N2O/c1-6(9)7-3-8(11-2)5-10-4-7/h3-6H,9H2,1-2H3/t6-/m1/s1. The van der Waals surface area contributed by atoms with Crippen molar-refractivity contribution in [1.82, 2.24) is 4.98 Å². The lowest BCUT2D eigenvalue weighted by molar-refractivity contribution is 0.412. The van der Waals surface area contributed by atoms with Crippen LogP contribution in [-0.2, 0) is 0 Å². The molecule has 0 saturated carbocycles. The van der Waals surface area contributed by atoms with Crippen molar-refractivity contribution in [3.05, 3.63) is 24.0 Å². The summed E-state index contributed by atoms with van der Waals surface area (Å²) in [6, 6.07) is 1.90. The van der Waals surface area contributed by atoms with Crippen LogP contribution in [0, 0.1) is 0 Å². The molecule has 11 heavy (non-hydrogen) atoms. The van der Waals surface area contributed by atoms with Crippen LogP contribution in [0.3, 0.4) is 0 Å². The monoisotopic (exact) mass is 152 g/mol. The molecule has 1 aromatic heterocycles. The van der Waals surface area contributed by atoms with Gasteiger partial charge in [0.25, 0.3) is 0 Å². The average Bonchev–Trinajstić information content (AvgIpc) is 2.05. The largest absolute Gasteiger partial charge is 0.495 e. The minimum Gasteiger partial charge on any atom is -0.495 e. The maximum Gasteiger partial charge on any atom is 0.137 e. The Morgan fingerprint density at radius 1 is 1.55 bits per heavy atom. The number of methoxy groups -OCH3 is 1. The molecule has 0 radical (unpaired) electrons. The summed E-state index contributed by atoms with van der Waals surface area (Å²) < 4.78 is 4.99. The molecule has 0 saturated heterocycles. The highest BCUT2D eigenvalue weighted by Gasteiger charge is 2.00. The van der Waals surface area contributed by atoms with Crippen molar-refractivity contribution >= 4 is 0 Å². The van der Waals surface area contributed by atoms with E-state index in [2.05, 4.69) is 4.98 Å². The third kappa shape index (κ3) is 1.91. The number of aromatic nitrogens is 1. The van der Waals surface area contributed by atoms with Gasteiger partial charge in [-0.3, -0.25) is 4.98 Å². The topological polar surface area (TPSA) is 48.1 Å². The first kappa shape index (κ1) is 8.01. The fourth-order valence-electron chi connectivity index (χ4n) is 0.796. The van der Waals surface area contributed by atoms with Gasteiger partial charge in [-0.2, -0.15) is 0 Å². The summed E-state index contributed by atoms with van der Waals surface area (Å²) in [6.45, 7) is 1.91. The van der Waals surface area contributed by atoms with Crippen LogP contribution in [0.5, 0.6) is 5.75 Å². The molecule has 1 atom stereocenters. The predicted octanol–water partition coefficient (Wildman–Crippen LogP) is 1.11. The van der Waals surface area contributed by atoms with E-state index in [1.807, 2.05) is 13.0 Å². The van der Waals surface area contributed by atoms with Gasteiger partial charge in [0.15, 0.2) is 0 Å². The summed E-state index contributed by atoms with van der Waals surface area (Å²) in [5, 5.41) is 0. The molecule has 0 unspecified atom stereocenters. The van der Waals surface area contributed by atoms with Crippen molar-refractivity contribution in [2.45, 2.75) is 13.0 Å². The summed E-state index contributed by atoms with van der Waals surface area (Å²) in [6.07, 6.45) is 3.40. The molecule has 0 amide bonds. The van der Waals surface area contributed by atoms with E-state index in [4.69, 9.17) is 10.5 Å². The molecule has 0 aliphatic carbocycles. The third-order valence-corrected chi connectivity index (χ3v) is 1.50. The summed E-state index contributed by atoms with van der Waals surface area (Å²) in [7, 11) is 1.61. The zero-order valence-electron chi connectivity index (χ0n) is 6.74. The van der Waals surface area contributed by atoms with E-state index < -0.39 is 0 Å². The molecule has 0 aliphatic rings. The summed E-state index contributed by atoms with van der Waals surface area (Å²) in [4.78, 5) is 3.97. The third-order valence-electron chi connectivity index (χ3n) is 1.50. The fourth-order valence-corrected chi connectivity index (χ4v) is 0.796. The number of ether oxygens (including phenoxy) is 1. The van der Waals surface area contributed by atoms with Gasteiger partial charge in [-0.15, -0.1) is 0 Å². The molecule has 2 N–H and O–H groups in total. The lowest BCUT2D eigenvalue weighted by atomic mass is 10.1. The SMILES string of the molecule is COc1cncc([C@@H](C)N)c1. The summed E-state index contributed by atoms with van der Waals surface area (Å²) in [5.74, 6) is 0.750. The van der Waals surface area contributed by atoms with Gasteiger partial charge in [0.1, 0.15) is 5.75 Å². The highest BCUT2D eigenvalue weighted by atomic mass is 16.5. The van der Waals surface area contributed by atoms with Gasteiger partial charge in [0.05, 0.1) is 13.3 Å². The van der Waals surface area contributed by atoms with E-state index >= 15 is 0 Å². The fraction of sp³-hybridized carbons (Fsp3) is 0.375. The summed E-state index contributed by atoms with van der Waals surface area (Å²) >= 11 is 0. The number of nitrogens with zero attached hydrogens (tertiary/aromatic N) is 1. The molecule has 1 rings (SSSR count). The Bertz CT molecular complexity index is 235. The average molecular weight is 152 g/mol. The van der Waals surface area contributed by atoms with Gasteiger partial charge in [-0.05, 0) is 18.6 Å². The second-order valence-corrected chi connectivity index (χ2v) is 2.45. The minimum absolute atomic E-state index is 0.0117. The van der Waals surface area contributed by atoms with Gasteiger partial charge in [0, 0.05) is 12.2 Å². The van der Waals surface area contributed by atoms with Crippen LogP contribution in [0.2, 0.25) is 0 Å². The van der Waals surface area contributed by atoms with Gasteiger partial charge in [0.2, 0.25) is 0 Å². The number of pyridine rings is 1. The van der Waals surface area contributed by atoms with Crippen molar-refractivity contribution in [2.75, 3.05) is 7.11 Å². The molecule has 1 heterocycles. The van der Waals surface area contributed by atoms with E-state index in [1.54, 1.807) is 19.5 Å². The van der Waals surface area contributed by atoms with E-state index in [1.165, 1.54) is 0 Å². The molecule has 1 aromatic rings. The van der Waals surface area contributed by atoms with Gasteiger partial charge in [-0.1, -0.05) is 0 Å². The zero-order chi connectivity index (χ0) is 8.27. The minimum atomic E-state index is 0.0117. The van der Waals surface area contributed by atoms with E-state index in [9.17, 15) is 0 Å². The molecule has 0 aliphatic heterocycles. The molecule has 0 bridgehead atoms. The van der Waals surface area contributed by atoms with Crippen molar-refractivity contribution in [2.24, 2.45) is 5.73 Å². The highest BCUT2D eigenvalue weighted by molar-refractivity contribution is 5.25. The van der Waals surface area contributed by atoms with Crippen LogP contribution < -0.4 is 10.5 Å². The molecule has 3 heteroatoms. The number of rotatable bonds is 2. The first-order valence-electron chi connectivity index (χ1n) is 3.48. The van der Waals surface area contributed by atoms with Gasteiger partial charge < -0.3 is 10.5 Å². The van der Waals surface area contributed by atoms with Crippen LogP contribution in [0.15, 0.2) is 18.5 Å². The lowest BCUT2D eigenvalue weighted by Gasteiger charge is -2.05. The first-order valence-corrected chi connectivity index (χ1v) is 3.48. The van der Waals surface area contributed by atoms with Crippen molar-refractivity contribution in [1.29, 1.82) is 0 Å². The Balaban J connectivity index is 2.91. The number of nitrogens with two attached hydrogens (primary N) is 1. The number of hydrogen-bond acceptors (Lipinski definition) is 3.